The Morgan fingerprint density at radius 2 is 1.52 bits per heavy atom. The van der Waals surface area contributed by atoms with Gasteiger partial charge in [0.2, 0.25) is 5.75 Å². The summed E-state index contributed by atoms with van der Waals surface area (Å²) in [4.78, 5) is 26.6. The molecule has 7 heteroatoms. The summed E-state index contributed by atoms with van der Waals surface area (Å²) in [7, 11) is 5.96. The third-order valence-electron chi connectivity index (χ3n) is 4.03. The highest BCUT2D eigenvalue weighted by molar-refractivity contribution is 6.00. The number of anilines is 1. The number of rotatable bonds is 7. The van der Waals surface area contributed by atoms with E-state index in [9.17, 15) is 9.59 Å². The van der Waals surface area contributed by atoms with Gasteiger partial charge in [-0.15, -0.1) is 0 Å². The molecule has 1 unspecified atom stereocenters. The molecule has 0 saturated carbocycles. The third kappa shape index (κ3) is 4.31. The predicted molar refractivity (Wildman–Crippen MR) is 101 cm³/mol. The molecule has 2 rings (SSSR count). The van der Waals surface area contributed by atoms with Gasteiger partial charge >= 0.3 is 5.97 Å². The van der Waals surface area contributed by atoms with Crippen LogP contribution in [0.5, 0.6) is 17.2 Å². The van der Waals surface area contributed by atoms with Crippen LogP contribution in [0, 0.1) is 0 Å². The molecular weight excluding hydrogens is 350 g/mol. The van der Waals surface area contributed by atoms with Crippen molar-refractivity contribution in [2.24, 2.45) is 0 Å². The first-order valence-corrected chi connectivity index (χ1v) is 8.27. The van der Waals surface area contributed by atoms with E-state index < -0.39 is 12.1 Å². The highest BCUT2D eigenvalue weighted by Crippen LogP contribution is 2.40. The fourth-order valence-corrected chi connectivity index (χ4v) is 2.59. The van der Waals surface area contributed by atoms with Crippen molar-refractivity contribution in [3.63, 3.8) is 0 Å². The Kier molecular flexibility index (Phi) is 6.65. The van der Waals surface area contributed by atoms with Crippen LogP contribution in [0.1, 0.15) is 17.3 Å². The van der Waals surface area contributed by atoms with Crippen molar-refractivity contribution >= 4 is 17.6 Å². The zero-order valence-corrected chi connectivity index (χ0v) is 16.0. The number of hydrogen-bond acceptors (Lipinski definition) is 6. The Morgan fingerprint density at radius 3 is 2.07 bits per heavy atom. The molecule has 0 bridgehead atoms. The van der Waals surface area contributed by atoms with Crippen LogP contribution in [0.3, 0.4) is 0 Å². The molecule has 0 radical (unpaired) electrons. The zero-order valence-electron chi connectivity index (χ0n) is 16.0. The lowest BCUT2D eigenvalue weighted by Crippen LogP contribution is -2.37. The van der Waals surface area contributed by atoms with E-state index in [0.29, 0.717) is 11.4 Å². The van der Waals surface area contributed by atoms with Gasteiger partial charge in [0.25, 0.3) is 5.91 Å². The Morgan fingerprint density at radius 1 is 0.889 bits per heavy atom. The molecule has 0 heterocycles. The van der Waals surface area contributed by atoms with Gasteiger partial charge in [-0.05, 0) is 31.2 Å². The lowest BCUT2D eigenvalue weighted by molar-refractivity contribution is -0.126. The maximum Gasteiger partial charge on any atom is 0.342 e. The molecule has 2 aromatic rings. The van der Waals surface area contributed by atoms with Gasteiger partial charge in [0, 0.05) is 12.7 Å². The topological polar surface area (TPSA) is 74.3 Å². The van der Waals surface area contributed by atoms with E-state index in [1.54, 1.807) is 25.2 Å². The summed E-state index contributed by atoms with van der Waals surface area (Å²) < 4.78 is 21.1. The standard InChI is InChI=1S/C20H23NO6/c1-13(19(22)21(2)14-9-7-6-8-10-14)27-20(23)15-11-12-16(24-3)18(26-5)17(15)25-4/h6-13H,1-5H3. The van der Waals surface area contributed by atoms with E-state index in [1.165, 1.54) is 39.2 Å². The normalized spacial score (nSPS) is 11.3. The molecule has 144 valence electrons. The zero-order chi connectivity index (χ0) is 20.0. The number of para-hydroxylation sites is 1. The molecule has 0 N–H and O–H groups in total. The molecular formula is C20H23NO6. The third-order valence-corrected chi connectivity index (χ3v) is 4.03. The molecule has 2 aromatic carbocycles. The van der Waals surface area contributed by atoms with Crippen molar-refractivity contribution in [3.05, 3.63) is 48.0 Å². The summed E-state index contributed by atoms with van der Waals surface area (Å²) >= 11 is 0. The first-order valence-electron chi connectivity index (χ1n) is 8.27. The monoisotopic (exact) mass is 373 g/mol. The van der Waals surface area contributed by atoms with Crippen LogP contribution in [0.15, 0.2) is 42.5 Å². The van der Waals surface area contributed by atoms with Gasteiger partial charge in [0.15, 0.2) is 17.6 Å². The minimum atomic E-state index is -0.986. The quantitative estimate of drug-likeness (QED) is 0.695. The van der Waals surface area contributed by atoms with Gasteiger partial charge in [-0.3, -0.25) is 4.79 Å². The highest BCUT2D eigenvalue weighted by Gasteiger charge is 2.27. The van der Waals surface area contributed by atoms with Crippen molar-refractivity contribution in [2.45, 2.75) is 13.0 Å². The molecule has 0 saturated heterocycles. The number of amides is 1. The van der Waals surface area contributed by atoms with Crippen LogP contribution >= 0.6 is 0 Å². The molecule has 27 heavy (non-hydrogen) atoms. The Balaban J connectivity index is 2.20. The van der Waals surface area contributed by atoms with Crippen LogP contribution in [0.4, 0.5) is 5.69 Å². The highest BCUT2D eigenvalue weighted by atomic mass is 16.6. The van der Waals surface area contributed by atoms with Gasteiger partial charge in [-0.25, -0.2) is 4.79 Å². The van der Waals surface area contributed by atoms with E-state index in [2.05, 4.69) is 0 Å². The van der Waals surface area contributed by atoms with Gasteiger partial charge in [0.1, 0.15) is 5.56 Å². The lowest BCUT2D eigenvalue weighted by Gasteiger charge is -2.22. The summed E-state index contributed by atoms with van der Waals surface area (Å²) in [6, 6.07) is 12.2. The second-order valence-corrected chi connectivity index (χ2v) is 5.66. The maximum atomic E-state index is 12.6. The molecule has 0 aliphatic heterocycles. The molecule has 0 spiro atoms. The predicted octanol–water partition coefficient (Wildman–Crippen LogP) is 2.92. The van der Waals surface area contributed by atoms with Crippen LogP contribution in [0.2, 0.25) is 0 Å². The van der Waals surface area contributed by atoms with E-state index >= 15 is 0 Å². The van der Waals surface area contributed by atoms with Crippen molar-refractivity contribution in [1.82, 2.24) is 0 Å². The van der Waals surface area contributed by atoms with E-state index in [0.717, 1.165) is 0 Å². The number of hydrogen-bond donors (Lipinski definition) is 0. The number of nitrogens with zero attached hydrogens (tertiary/aromatic N) is 1. The second-order valence-electron chi connectivity index (χ2n) is 5.66. The number of carbonyl (C=O) groups excluding carboxylic acids is 2. The molecule has 0 aliphatic rings. The molecule has 1 amide bonds. The Labute approximate surface area is 158 Å². The largest absolute Gasteiger partial charge is 0.493 e. The summed E-state index contributed by atoms with van der Waals surface area (Å²) in [6.07, 6.45) is -0.986. The maximum absolute atomic E-state index is 12.6. The fourth-order valence-electron chi connectivity index (χ4n) is 2.59. The second kappa shape index (κ2) is 8.93. The number of ether oxygens (including phenoxy) is 4. The molecule has 7 nitrogen and oxygen atoms in total. The summed E-state index contributed by atoms with van der Waals surface area (Å²) in [5, 5.41) is 0. The average Bonchev–Trinajstić information content (AvgIpc) is 2.71. The number of likely N-dealkylation sites (N-methyl/N-ethyl adjacent to an activating group) is 1. The van der Waals surface area contributed by atoms with Crippen LogP contribution in [0.25, 0.3) is 0 Å². The first-order chi connectivity index (χ1) is 12.9. The van der Waals surface area contributed by atoms with Gasteiger partial charge in [-0.2, -0.15) is 0 Å². The number of carbonyl (C=O) groups is 2. The first kappa shape index (κ1) is 20.1. The smallest absolute Gasteiger partial charge is 0.342 e. The van der Waals surface area contributed by atoms with Gasteiger partial charge in [-0.1, -0.05) is 18.2 Å². The molecule has 0 fully saturated rings. The van der Waals surface area contributed by atoms with Crippen molar-refractivity contribution in [1.29, 1.82) is 0 Å². The SMILES string of the molecule is COc1ccc(C(=O)OC(C)C(=O)N(C)c2ccccc2)c(OC)c1OC. The fraction of sp³-hybridized carbons (Fsp3) is 0.300. The van der Waals surface area contributed by atoms with Crippen molar-refractivity contribution in [2.75, 3.05) is 33.3 Å². The average molecular weight is 373 g/mol. The molecule has 0 aromatic heterocycles. The van der Waals surface area contributed by atoms with Gasteiger partial charge in [0.05, 0.1) is 21.3 Å². The number of esters is 1. The van der Waals surface area contributed by atoms with E-state index in [4.69, 9.17) is 18.9 Å². The summed E-state index contributed by atoms with van der Waals surface area (Å²) in [5.41, 5.74) is 0.839. The van der Waals surface area contributed by atoms with E-state index in [-0.39, 0.29) is 23.0 Å². The molecule has 1 atom stereocenters. The van der Waals surface area contributed by atoms with Crippen LogP contribution in [-0.2, 0) is 9.53 Å². The minimum Gasteiger partial charge on any atom is -0.493 e. The van der Waals surface area contributed by atoms with Crippen molar-refractivity contribution in [3.8, 4) is 17.2 Å². The lowest BCUT2D eigenvalue weighted by atomic mass is 10.1. The van der Waals surface area contributed by atoms with Crippen LogP contribution in [-0.4, -0.2) is 46.4 Å². The number of methoxy groups -OCH3 is 3. The molecule has 0 aliphatic carbocycles. The number of benzene rings is 2. The minimum absolute atomic E-state index is 0.136. The summed E-state index contributed by atoms with van der Waals surface area (Å²) in [6.45, 7) is 1.52. The Hall–Kier alpha value is -3.22. The van der Waals surface area contributed by atoms with Gasteiger partial charge < -0.3 is 23.8 Å². The van der Waals surface area contributed by atoms with Crippen molar-refractivity contribution < 1.29 is 28.5 Å². The summed E-state index contributed by atoms with van der Waals surface area (Å²) in [5.74, 6) is -0.185. The van der Waals surface area contributed by atoms with Crippen LogP contribution < -0.4 is 19.1 Å². The Bertz CT molecular complexity index is 806. The van der Waals surface area contributed by atoms with E-state index in [1.807, 2.05) is 18.2 Å².